The SMILES string of the molecule is COC(=O)C1CSc2c(C3CC3)c(Cc3ccc4c5c(cccc35)CC4)cc(=O)n21. The van der Waals surface area contributed by atoms with E-state index in [1.165, 1.54) is 40.1 Å². The number of fused-ring (bicyclic) bond motifs is 1. The number of methoxy groups -OCH3 is 1. The molecule has 1 atom stereocenters. The van der Waals surface area contributed by atoms with Crippen molar-refractivity contribution >= 4 is 28.5 Å². The van der Waals surface area contributed by atoms with E-state index in [1.807, 2.05) is 0 Å². The van der Waals surface area contributed by atoms with Crippen molar-refractivity contribution in [3.8, 4) is 0 Å². The fourth-order valence-corrected chi connectivity index (χ4v) is 6.68. The van der Waals surface area contributed by atoms with Crippen LogP contribution in [0.15, 0.2) is 46.2 Å². The average molecular weight is 418 g/mol. The van der Waals surface area contributed by atoms with Gasteiger partial charge in [0.1, 0.15) is 6.04 Å². The molecule has 2 aromatic carbocycles. The molecule has 2 aliphatic carbocycles. The first-order valence-corrected chi connectivity index (χ1v) is 11.7. The van der Waals surface area contributed by atoms with E-state index in [0.717, 1.165) is 42.7 Å². The molecule has 152 valence electrons. The van der Waals surface area contributed by atoms with Gasteiger partial charge in [0.25, 0.3) is 5.56 Å². The maximum atomic E-state index is 13.1. The van der Waals surface area contributed by atoms with E-state index >= 15 is 0 Å². The molecule has 1 saturated carbocycles. The summed E-state index contributed by atoms with van der Waals surface area (Å²) in [6.07, 6.45) is 5.32. The molecule has 0 bridgehead atoms. The highest BCUT2D eigenvalue weighted by Gasteiger charge is 2.38. The van der Waals surface area contributed by atoms with Crippen LogP contribution in [0.25, 0.3) is 10.8 Å². The highest BCUT2D eigenvalue weighted by molar-refractivity contribution is 7.99. The molecule has 3 aromatic rings. The van der Waals surface area contributed by atoms with Crippen molar-refractivity contribution < 1.29 is 9.53 Å². The summed E-state index contributed by atoms with van der Waals surface area (Å²) in [6.45, 7) is 0. The molecule has 1 fully saturated rings. The number of esters is 1. The van der Waals surface area contributed by atoms with Gasteiger partial charge < -0.3 is 4.74 Å². The van der Waals surface area contributed by atoms with E-state index in [-0.39, 0.29) is 11.5 Å². The van der Waals surface area contributed by atoms with E-state index in [2.05, 4.69) is 30.3 Å². The molecule has 0 N–H and O–H groups in total. The Morgan fingerprint density at radius 2 is 1.93 bits per heavy atom. The summed E-state index contributed by atoms with van der Waals surface area (Å²) >= 11 is 1.63. The number of nitrogens with zero attached hydrogens (tertiary/aromatic N) is 1. The molecule has 5 heteroatoms. The van der Waals surface area contributed by atoms with E-state index < -0.39 is 6.04 Å². The molecule has 3 aliphatic rings. The lowest BCUT2D eigenvalue weighted by Gasteiger charge is -2.18. The van der Waals surface area contributed by atoms with Crippen molar-refractivity contribution in [2.45, 2.75) is 49.1 Å². The molecule has 1 aliphatic heterocycles. The first kappa shape index (κ1) is 18.3. The Balaban J connectivity index is 1.49. The van der Waals surface area contributed by atoms with Gasteiger partial charge >= 0.3 is 5.97 Å². The summed E-state index contributed by atoms with van der Waals surface area (Å²) in [7, 11) is 1.39. The molecule has 0 saturated heterocycles. The molecule has 0 radical (unpaired) electrons. The normalized spacial score (nSPS) is 19.3. The summed E-state index contributed by atoms with van der Waals surface area (Å²) in [4.78, 5) is 25.3. The number of hydrogen-bond acceptors (Lipinski definition) is 4. The van der Waals surface area contributed by atoms with Gasteiger partial charge in [-0.2, -0.15) is 0 Å². The van der Waals surface area contributed by atoms with Crippen LogP contribution in [0.4, 0.5) is 0 Å². The Kier molecular flexibility index (Phi) is 4.10. The summed E-state index contributed by atoms with van der Waals surface area (Å²) in [5, 5.41) is 3.73. The smallest absolute Gasteiger partial charge is 0.329 e. The first-order valence-electron chi connectivity index (χ1n) is 10.7. The zero-order valence-electron chi connectivity index (χ0n) is 16.9. The third-order valence-electron chi connectivity index (χ3n) is 6.83. The highest BCUT2D eigenvalue weighted by Crippen LogP contribution is 2.49. The lowest BCUT2D eigenvalue weighted by atomic mass is 9.93. The Hall–Kier alpha value is -2.53. The number of aromatic nitrogens is 1. The standard InChI is InChI=1S/C25H23NO3S/c1-29-25(28)20-13-30-24-23(16-7-8-16)18(12-21(27)26(20)24)11-17-10-9-15-6-5-14-3-2-4-19(17)22(14)15/h2-4,9-10,12,16,20H,5-8,11,13H2,1H3. The summed E-state index contributed by atoms with van der Waals surface area (Å²) in [5.74, 6) is 0.749. The number of benzene rings is 2. The van der Waals surface area contributed by atoms with Gasteiger partial charge in [0.2, 0.25) is 0 Å². The van der Waals surface area contributed by atoms with Crippen molar-refractivity contribution in [2.24, 2.45) is 0 Å². The van der Waals surface area contributed by atoms with Gasteiger partial charge in [-0.1, -0.05) is 30.3 Å². The topological polar surface area (TPSA) is 48.3 Å². The van der Waals surface area contributed by atoms with Gasteiger partial charge in [-0.15, -0.1) is 11.8 Å². The second kappa shape index (κ2) is 6.74. The van der Waals surface area contributed by atoms with Crippen LogP contribution in [-0.4, -0.2) is 23.4 Å². The lowest BCUT2D eigenvalue weighted by Crippen LogP contribution is -2.30. The number of aryl methyl sites for hydroxylation is 2. The van der Waals surface area contributed by atoms with E-state index in [9.17, 15) is 9.59 Å². The van der Waals surface area contributed by atoms with Crippen LogP contribution in [0.3, 0.4) is 0 Å². The van der Waals surface area contributed by atoms with Gasteiger partial charge in [0, 0.05) is 11.8 Å². The Bertz CT molecular complexity index is 1260. The minimum Gasteiger partial charge on any atom is -0.467 e. The maximum absolute atomic E-state index is 13.1. The highest BCUT2D eigenvalue weighted by atomic mass is 32.2. The monoisotopic (exact) mass is 417 g/mol. The Labute approximate surface area is 179 Å². The Morgan fingerprint density at radius 3 is 2.70 bits per heavy atom. The van der Waals surface area contributed by atoms with Crippen LogP contribution < -0.4 is 5.56 Å². The first-order chi connectivity index (χ1) is 14.7. The molecular formula is C25H23NO3S. The molecular weight excluding hydrogens is 394 g/mol. The average Bonchev–Trinajstić information content (AvgIpc) is 3.34. The van der Waals surface area contributed by atoms with E-state index in [4.69, 9.17) is 4.74 Å². The number of rotatable bonds is 4. The fourth-order valence-electron chi connectivity index (χ4n) is 5.27. The quantitative estimate of drug-likeness (QED) is 0.591. The van der Waals surface area contributed by atoms with Crippen molar-refractivity contribution in [3.05, 3.63) is 74.6 Å². The van der Waals surface area contributed by atoms with Crippen LogP contribution in [0.5, 0.6) is 0 Å². The molecule has 4 nitrogen and oxygen atoms in total. The molecule has 1 aromatic heterocycles. The summed E-state index contributed by atoms with van der Waals surface area (Å²) in [5.41, 5.74) is 6.50. The van der Waals surface area contributed by atoms with Crippen molar-refractivity contribution in [3.63, 3.8) is 0 Å². The number of carbonyl (C=O) groups excluding carboxylic acids is 1. The second-order valence-corrected chi connectivity index (χ2v) is 9.63. The van der Waals surface area contributed by atoms with Gasteiger partial charge in [-0.05, 0) is 76.6 Å². The van der Waals surface area contributed by atoms with Crippen molar-refractivity contribution in [1.29, 1.82) is 0 Å². The van der Waals surface area contributed by atoms with Gasteiger partial charge in [0.05, 0.1) is 12.1 Å². The lowest BCUT2D eigenvalue weighted by molar-refractivity contribution is -0.143. The number of hydrogen-bond donors (Lipinski definition) is 0. The van der Waals surface area contributed by atoms with Crippen LogP contribution in [0.2, 0.25) is 0 Å². The Morgan fingerprint density at radius 1 is 1.13 bits per heavy atom. The molecule has 0 amide bonds. The third kappa shape index (κ3) is 2.68. The molecule has 6 rings (SSSR count). The van der Waals surface area contributed by atoms with Gasteiger partial charge in [-0.3, -0.25) is 9.36 Å². The minimum atomic E-state index is -0.508. The van der Waals surface area contributed by atoms with Gasteiger partial charge in [0.15, 0.2) is 0 Å². The predicted molar refractivity (Wildman–Crippen MR) is 119 cm³/mol. The number of pyridine rings is 1. The molecule has 0 spiro atoms. The number of ether oxygens (including phenoxy) is 1. The number of carbonyl (C=O) groups is 1. The zero-order chi connectivity index (χ0) is 20.4. The fraction of sp³-hybridized carbons (Fsp3) is 0.360. The minimum absolute atomic E-state index is 0.0873. The van der Waals surface area contributed by atoms with Crippen LogP contribution in [0.1, 0.15) is 52.6 Å². The van der Waals surface area contributed by atoms with E-state index in [0.29, 0.717) is 11.7 Å². The van der Waals surface area contributed by atoms with Crippen molar-refractivity contribution in [1.82, 2.24) is 4.57 Å². The molecule has 1 unspecified atom stereocenters. The summed E-state index contributed by atoms with van der Waals surface area (Å²) in [6, 6.07) is 12.4. The summed E-state index contributed by atoms with van der Waals surface area (Å²) < 4.78 is 6.63. The third-order valence-corrected chi connectivity index (χ3v) is 8.00. The van der Waals surface area contributed by atoms with Crippen molar-refractivity contribution in [2.75, 3.05) is 12.9 Å². The number of thioether (sulfide) groups is 1. The largest absolute Gasteiger partial charge is 0.467 e. The van der Waals surface area contributed by atoms with Crippen LogP contribution in [0, 0.1) is 0 Å². The second-order valence-electron chi connectivity index (χ2n) is 8.62. The van der Waals surface area contributed by atoms with Crippen LogP contribution >= 0.6 is 11.8 Å². The van der Waals surface area contributed by atoms with E-state index in [1.54, 1.807) is 22.4 Å². The maximum Gasteiger partial charge on any atom is 0.329 e. The van der Waals surface area contributed by atoms with Gasteiger partial charge in [-0.25, -0.2) is 4.79 Å². The van der Waals surface area contributed by atoms with Crippen LogP contribution in [-0.2, 0) is 28.8 Å². The molecule has 2 heterocycles. The zero-order valence-corrected chi connectivity index (χ0v) is 17.8. The predicted octanol–water partition coefficient (Wildman–Crippen LogP) is 4.39. The molecule has 30 heavy (non-hydrogen) atoms.